The van der Waals surface area contributed by atoms with E-state index < -0.39 is 5.60 Å². The van der Waals surface area contributed by atoms with E-state index in [4.69, 9.17) is 14.2 Å². The molecule has 0 radical (unpaired) electrons. The Hall–Kier alpha value is -2.28. The van der Waals surface area contributed by atoms with Crippen molar-refractivity contribution in [2.24, 2.45) is 0 Å². The summed E-state index contributed by atoms with van der Waals surface area (Å²) in [6, 6.07) is 9.71. The Labute approximate surface area is 167 Å². The second kappa shape index (κ2) is 10.3. The first-order valence-electron chi connectivity index (χ1n) is 9.76. The zero-order valence-electron chi connectivity index (χ0n) is 17.3. The molecule has 0 saturated heterocycles. The van der Waals surface area contributed by atoms with Crippen molar-refractivity contribution >= 4 is 12.2 Å². The fourth-order valence-corrected chi connectivity index (χ4v) is 2.77. The van der Waals surface area contributed by atoms with E-state index in [1.54, 1.807) is 11.9 Å². The predicted octanol–water partition coefficient (Wildman–Crippen LogP) is 3.72. The Balaban J connectivity index is 1.50. The third kappa shape index (κ3) is 8.17. The average molecular weight is 392 g/mol. The molecule has 0 unspecified atom stereocenters. The molecule has 0 aromatic heterocycles. The summed E-state index contributed by atoms with van der Waals surface area (Å²) in [6.07, 6.45) is 1.73. The second-order valence-corrected chi connectivity index (χ2v) is 8.12. The minimum Gasteiger partial charge on any atom is -0.445 e. The van der Waals surface area contributed by atoms with E-state index in [0.29, 0.717) is 13.2 Å². The Kier molecular flexibility index (Phi) is 8.11. The molecule has 0 heterocycles. The van der Waals surface area contributed by atoms with Crippen LogP contribution in [0.4, 0.5) is 9.59 Å². The maximum Gasteiger partial charge on any atom is 0.409 e. The molecular weight excluding hydrogens is 360 g/mol. The molecule has 28 heavy (non-hydrogen) atoms. The Morgan fingerprint density at radius 1 is 1.18 bits per heavy atom. The molecule has 7 heteroatoms. The van der Waals surface area contributed by atoms with Gasteiger partial charge in [0.2, 0.25) is 0 Å². The van der Waals surface area contributed by atoms with Crippen LogP contribution in [0, 0.1) is 0 Å². The largest absolute Gasteiger partial charge is 0.445 e. The highest BCUT2D eigenvalue weighted by Crippen LogP contribution is 2.24. The fraction of sp³-hybridized carbons (Fsp3) is 0.619. The topological polar surface area (TPSA) is 77.1 Å². The highest BCUT2D eigenvalue weighted by Gasteiger charge is 2.32. The normalized spacial score (nSPS) is 18.7. The first-order valence-corrected chi connectivity index (χ1v) is 9.76. The van der Waals surface area contributed by atoms with Crippen molar-refractivity contribution in [1.82, 2.24) is 10.2 Å². The van der Waals surface area contributed by atoms with Crippen LogP contribution in [0.2, 0.25) is 0 Å². The van der Waals surface area contributed by atoms with Gasteiger partial charge >= 0.3 is 12.2 Å². The summed E-state index contributed by atoms with van der Waals surface area (Å²) in [5, 5.41) is 2.84. The number of nitrogens with zero attached hydrogens (tertiary/aromatic N) is 1. The number of hydrogen-bond acceptors (Lipinski definition) is 5. The number of carbonyl (C=O) groups excluding carboxylic acids is 2. The van der Waals surface area contributed by atoms with Crippen molar-refractivity contribution in [2.75, 3.05) is 20.2 Å². The molecule has 2 amide bonds. The van der Waals surface area contributed by atoms with Crippen molar-refractivity contribution in [2.45, 2.75) is 64.4 Å². The van der Waals surface area contributed by atoms with Crippen LogP contribution in [-0.4, -0.2) is 55.0 Å². The lowest BCUT2D eigenvalue weighted by molar-refractivity contribution is -0.0221. The van der Waals surface area contributed by atoms with Crippen LogP contribution >= 0.6 is 0 Å². The molecule has 2 rings (SSSR count). The molecular formula is C21H32N2O5. The predicted molar refractivity (Wildman–Crippen MR) is 106 cm³/mol. The van der Waals surface area contributed by atoms with Gasteiger partial charge in [-0.2, -0.15) is 0 Å². The Morgan fingerprint density at radius 2 is 1.86 bits per heavy atom. The van der Waals surface area contributed by atoms with Gasteiger partial charge in [-0.3, -0.25) is 0 Å². The number of amides is 2. The van der Waals surface area contributed by atoms with Gasteiger partial charge in [-0.25, -0.2) is 9.59 Å². The van der Waals surface area contributed by atoms with Gasteiger partial charge in [0.15, 0.2) is 0 Å². The van der Waals surface area contributed by atoms with Crippen molar-refractivity contribution in [1.29, 1.82) is 0 Å². The maximum atomic E-state index is 12.0. The van der Waals surface area contributed by atoms with Crippen molar-refractivity contribution in [3.8, 4) is 0 Å². The summed E-state index contributed by atoms with van der Waals surface area (Å²) in [4.78, 5) is 25.2. The number of rotatable bonds is 8. The molecule has 0 bridgehead atoms. The average Bonchev–Trinajstić information content (AvgIpc) is 2.59. The summed E-state index contributed by atoms with van der Waals surface area (Å²) >= 11 is 0. The van der Waals surface area contributed by atoms with E-state index in [-0.39, 0.29) is 30.9 Å². The smallest absolute Gasteiger partial charge is 0.409 e. The van der Waals surface area contributed by atoms with Gasteiger partial charge in [-0.15, -0.1) is 0 Å². The molecule has 1 N–H and O–H groups in total. The zero-order valence-corrected chi connectivity index (χ0v) is 17.3. The summed E-state index contributed by atoms with van der Waals surface area (Å²) in [6.45, 7) is 6.93. The standard InChI is InChI=1S/C21H32N2O5/c1-21(2,3)28-19(24)22-17-13-18(14-17)26-12-8-11-23(4)20(25)27-15-16-9-6-5-7-10-16/h5-7,9-10,17-18H,8,11-15H2,1-4H3,(H,22,24)/t17-,18-. The third-order valence-electron chi connectivity index (χ3n) is 4.32. The summed E-state index contributed by atoms with van der Waals surface area (Å²) in [5.74, 6) is 0. The van der Waals surface area contributed by atoms with Gasteiger partial charge in [0.05, 0.1) is 6.10 Å². The number of ether oxygens (including phenoxy) is 3. The number of benzene rings is 1. The summed E-state index contributed by atoms with van der Waals surface area (Å²) < 4.78 is 16.3. The second-order valence-electron chi connectivity index (χ2n) is 8.12. The van der Waals surface area contributed by atoms with E-state index >= 15 is 0 Å². The van der Waals surface area contributed by atoms with Gasteiger partial charge in [-0.05, 0) is 45.6 Å². The molecule has 7 nitrogen and oxygen atoms in total. The lowest BCUT2D eigenvalue weighted by Gasteiger charge is -2.36. The summed E-state index contributed by atoms with van der Waals surface area (Å²) in [7, 11) is 1.72. The molecule has 1 saturated carbocycles. The number of nitrogens with one attached hydrogen (secondary N) is 1. The van der Waals surface area contributed by atoms with Gasteiger partial charge in [0.25, 0.3) is 0 Å². The Morgan fingerprint density at radius 3 is 2.50 bits per heavy atom. The van der Waals surface area contributed by atoms with E-state index in [9.17, 15) is 9.59 Å². The molecule has 1 aliphatic rings. The minimum absolute atomic E-state index is 0.107. The van der Waals surface area contributed by atoms with E-state index in [0.717, 1.165) is 24.8 Å². The van der Waals surface area contributed by atoms with E-state index in [2.05, 4.69) is 5.32 Å². The van der Waals surface area contributed by atoms with Crippen LogP contribution in [0.3, 0.4) is 0 Å². The molecule has 1 fully saturated rings. The highest BCUT2D eigenvalue weighted by molar-refractivity contribution is 5.68. The van der Waals surface area contributed by atoms with Crippen LogP contribution in [0.5, 0.6) is 0 Å². The monoisotopic (exact) mass is 392 g/mol. The Bertz CT molecular complexity index is 623. The van der Waals surface area contributed by atoms with Crippen LogP contribution in [0.1, 0.15) is 45.6 Å². The fourth-order valence-electron chi connectivity index (χ4n) is 2.77. The van der Waals surface area contributed by atoms with E-state index in [1.165, 1.54) is 0 Å². The first kappa shape index (κ1) is 22.0. The van der Waals surface area contributed by atoms with Crippen LogP contribution in [0.25, 0.3) is 0 Å². The molecule has 0 aliphatic heterocycles. The molecule has 156 valence electrons. The summed E-state index contributed by atoms with van der Waals surface area (Å²) in [5.41, 5.74) is 0.477. The lowest BCUT2D eigenvalue weighted by Crippen LogP contribution is -2.49. The van der Waals surface area contributed by atoms with E-state index in [1.807, 2.05) is 51.1 Å². The quantitative estimate of drug-likeness (QED) is 0.683. The van der Waals surface area contributed by atoms with Crippen LogP contribution in [-0.2, 0) is 20.8 Å². The lowest BCUT2D eigenvalue weighted by atomic mass is 9.89. The molecule has 0 spiro atoms. The first-order chi connectivity index (χ1) is 13.2. The van der Waals surface area contributed by atoms with Gasteiger partial charge in [-0.1, -0.05) is 30.3 Å². The van der Waals surface area contributed by atoms with Gasteiger partial charge in [0, 0.05) is 26.2 Å². The van der Waals surface area contributed by atoms with Crippen LogP contribution in [0.15, 0.2) is 30.3 Å². The SMILES string of the molecule is CN(CCCO[C@H]1C[C@H](NC(=O)OC(C)(C)C)C1)C(=O)OCc1ccccc1. The van der Waals surface area contributed by atoms with Crippen molar-refractivity contribution in [3.05, 3.63) is 35.9 Å². The maximum absolute atomic E-state index is 12.0. The van der Waals surface area contributed by atoms with Gasteiger partial charge < -0.3 is 24.4 Å². The van der Waals surface area contributed by atoms with Crippen molar-refractivity contribution < 1.29 is 23.8 Å². The number of hydrogen-bond donors (Lipinski definition) is 1. The van der Waals surface area contributed by atoms with Crippen molar-refractivity contribution in [3.63, 3.8) is 0 Å². The zero-order chi connectivity index (χ0) is 20.6. The highest BCUT2D eigenvalue weighted by atomic mass is 16.6. The van der Waals surface area contributed by atoms with Crippen LogP contribution < -0.4 is 5.32 Å². The number of carbonyl (C=O) groups is 2. The molecule has 1 aromatic carbocycles. The molecule has 1 aliphatic carbocycles. The third-order valence-corrected chi connectivity index (χ3v) is 4.32. The molecule has 1 aromatic rings. The van der Waals surface area contributed by atoms with Gasteiger partial charge in [0.1, 0.15) is 12.2 Å². The molecule has 0 atom stereocenters. The minimum atomic E-state index is -0.488. The number of alkyl carbamates (subject to hydrolysis) is 1.